The Morgan fingerprint density at radius 3 is 2.61 bits per heavy atom. The van der Waals surface area contributed by atoms with Gasteiger partial charge in [-0.05, 0) is 50.3 Å². The van der Waals surface area contributed by atoms with Crippen LogP contribution in [0.15, 0.2) is 24.3 Å². The fourth-order valence-electron chi connectivity index (χ4n) is 4.23. The molecule has 152 valence electrons. The summed E-state index contributed by atoms with van der Waals surface area (Å²) >= 11 is 0. The van der Waals surface area contributed by atoms with E-state index in [2.05, 4.69) is 5.32 Å². The van der Waals surface area contributed by atoms with E-state index in [9.17, 15) is 18.8 Å². The summed E-state index contributed by atoms with van der Waals surface area (Å²) in [7, 11) is 1.64. The van der Waals surface area contributed by atoms with E-state index in [0.29, 0.717) is 12.0 Å². The summed E-state index contributed by atoms with van der Waals surface area (Å²) in [5, 5.41) is 2.83. The number of likely N-dealkylation sites (tertiary alicyclic amines) is 2. The number of halogens is 1. The number of hydrogen-bond donors (Lipinski definition) is 1. The van der Waals surface area contributed by atoms with E-state index in [4.69, 9.17) is 0 Å². The van der Waals surface area contributed by atoms with E-state index in [1.54, 1.807) is 31.0 Å². The summed E-state index contributed by atoms with van der Waals surface area (Å²) in [6.07, 6.45) is 3.74. The van der Waals surface area contributed by atoms with E-state index in [-0.39, 0.29) is 24.1 Å². The van der Waals surface area contributed by atoms with E-state index in [1.165, 1.54) is 17.0 Å². The van der Waals surface area contributed by atoms with Crippen molar-refractivity contribution < 1.29 is 18.8 Å². The number of nitrogens with zero attached hydrogens (tertiary/aromatic N) is 2. The quantitative estimate of drug-likeness (QED) is 0.859. The summed E-state index contributed by atoms with van der Waals surface area (Å²) in [5.74, 6) is -1.35. The third-order valence-electron chi connectivity index (χ3n) is 5.78. The SMILES string of the molecule is CC(NC(=O)C1CCC(=O)N(C)C1c1cccc(F)c1)C(=O)N1CCCCC1. The Balaban J connectivity index is 1.74. The predicted octanol–water partition coefficient (Wildman–Crippen LogP) is 2.25. The van der Waals surface area contributed by atoms with Crippen molar-refractivity contribution in [2.75, 3.05) is 20.1 Å². The average Bonchev–Trinajstić information content (AvgIpc) is 2.69. The van der Waals surface area contributed by atoms with E-state index in [1.807, 2.05) is 0 Å². The molecule has 1 N–H and O–H groups in total. The summed E-state index contributed by atoms with van der Waals surface area (Å²) in [6, 6.07) is 4.83. The predicted molar refractivity (Wildman–Crippen MR) is 103 cm³/mol. The van der Waals surface area contributed by atoms with Gasteiger partial charge in [0, 0.05) is 26.6 Å². The van der Waals surface area contributed by atoms with Crippen molar-refractivity contribution in [1.29, 1.82) is 0 Å². The fraction of sp³-hybridized carbons (Fsp3) is 0.571. The molecule has 6 nitrogen and oxygen atoms in total. The first-order chi connectivity index (χ1) is 13.4. The molecule has 2 fully saturated rings. The fourth-order valence-corrected chi connectivity index (χ4v) is 4.23. The lowest BCUT2D eigenvalue weighted by molar-refractivity contribution is -0.144. The molecule has 0 bridgehead atoms. The Kier molecular flexibility index (Phi) is 6.31. The van der Waals surface area contributed by atoms with Crippen LogP contribution in [0.5, 0.6) is 0 Å². The minimum atomic E-state index is -0.623. The molecule has 3 atom stereocenters. The third-order valence-corrected chi connectivity index (χ3v) is 5.78. The maximum absolute atomic E-state index is 13.7. The Hall–Kier alpha value is -2.44. The zero-order valence-corrected chi connectivity index (χ0v) is 16.5. The molecular weight excluding hydrogens is 361 g/mol. The van der Waals surface area contributed by atoms with Gasteiger partial charge in [-0.3, -0.25) is 14.4 Å². The maximum atomic E-state index is 13.7. The smallest absolute Gasteiger partial charge is 0.244 e. The number of rotatable bonds is 4. The van der Waals surface area contributed by atoms with Crippen molar-refractivity contribution in [3.05, 3.63) is 35.6 Å². The zero-order chi connectivity index (χ0) is 20.3. The van der Waals surface area contributed by atoms with Crippen LogP contribution in [0, 0.1) is 11.7 Å². The highest BCUT2D eigenvalue weighted by molar-refractivity contribution is 5.90. The van der Waals surface area contributed by atoms with Crippen LogP contribution >= 0.6 is 0 Å². The van der Waals surface area contributed by atoms with Crippen LogP contribution in [0.25, 0.3) is 0 Å². The average molecular weight is 389 g/mol. The molecule has 0 aromatic heterocycles. The molecule has 28 heavy (non-hydrogen) atoms. The van der Waals surface area contributed by atoms with Crippen LogP contribution in [0.1, 0.15) is 50.6 Å². The Morgan fingerprint density at radius 1 is 1.21 bits per heavy atom. The Morgan fingerprint density at radius 2 is 1.93 bits per heavy atom. The third kappa shape index (κ3) is 4.34. The Labute approximate surface area is 165 Å². The first-order valence-corrected chi connectivity index (χ1v) is 9.98. The molecule has 0 spiro atoms. The van der Waals surface area contributed by atoms with Crippen molar-refractivity contribution in [3.8, 4) is 0 Å². The minimum Gasteiger partial charge on any atom is -0.344 e. The normalized spacial score (nSPS) is 24.0. The van der Waals surface area contributed by atoms with Crippen molar-refractivity contribution in [1.82, 2.24) is 15.1 Å². The number of carbonyl (C=O) groups excluding carboxylic acids is 3. The van der Waals surface area contributed by atoms with E-state index >= 15 is 0 Å². The molecule has 3 rings (SSSR count). The topological polar surface area (TPSA) is 69.7 Å². The van der Waals surface area contributed by atoms with Crippen LogP contribution in [0.3, 0.4) is 0 Å². The van der Waals surface area contributed by atoms with Crippen molar-refractivity contribution in [2.45, 2.75) is 51.1 Å². The van der Waals surface area contributed by atoms with E-state index in [0.717, 1.165) is 32.4 Å². The molecule has 0 radical (unpaired) electrons. The van der Waals surface area contributed by atoms with Gasteiger partial charge in [0.05, 0.1) is 12.0 Å². The van der Waals surface area contributed by atoms with Gasteiger partial charge in [-0.1, -0.05) is 12.1 Å². The number of piperidine rings is 2. The van der Waals surface area contributed by atoms with Crippen LogP contribution in [0.4, 0.5) is 4.39 Å². The summed E-state index contributed by atoms with van der Waals surface area (Å²) < 4.78 is 13.7. The Bertz CT molecular complexity index is 748. The molecule has 2 saturated heterocycles. The van der Waals surface area contributed by atoms with Crippen molar-refractivity contribution >= 4 is 17.7 Å². The molecule has 0 aliphatic carbocycles. The van der Waals surface area contributed by atoms with Gasteiger partial charge in [0.1, 0.15) is 11.9 Å². The zero-order valence-electron chi connectivity index (χ0n) is 16.5. The first kappa shape index (κ1) is 20.3. The van der Waals surface area contributed by atoms with Gasteiger partial charge < -0.3 is 15.1 Å². The lowest BCUT2D eigenvalue weighted by Crippen LogP contribution is -2.52. The van der Waals surface area contributed by atoms with Crippen molar-refractivity contribution in [3.63, 3.8) is 0 Å². The molecule has 2 aliphatic rings. The number of amides is 3. The molecule has 3 unspecified atom stereocenters. The van der Waals surface area contributed by atoms with Crippen LogP contribution < -0.4 is 5.32 Å². The molecule has 2 heterocycles. The second-order valence-electron chi connectivity index (χ2n) is 7.77. The molecule has 7 heteroatoms. The van der Waals surface area contributed by atoms with Gasteiger partial charge in [0.15, 0.2) is 0 Å². The lowest BCUT2D eigenvalue weighted by atomic mass is 9.83. The highest BCUT2D eigenvalue weighted by Gasteiger charge is 2.40. The van der Waals surface area contributed by atoms with Gasteiger partial charge in [-0.15, -0.1) is 0 Å². The van der Waals surface area contributed by atoms with Crippen molar-refractivity contribution in [2.24, 2.45) is 5.92 Å². The van der Waals surface area contributed by atoms with Crippen LogP contribution in [-0.2, 0) is 14.4 Å². The summed E-state index contributed by atoms with van der Waals surface area (Å²) in [5.41, 5.74) is 0.589. The maximum Gasteiger partial charge on any atom is 0.244 e. The molecule has 1 aromatic rings. The highest BCUT2D eigenvalue weighted by Crippen LogP contribution is 2.36. The minimum absolute atomic E-state index is 0.0734. The summed E-state index contributed by atoms with van der Waals surface area (Å²) in [6.45, 7) is 3.15. The molecule has 0 saturated carbocycles. The second kappa shape index (κ2) is 8.71. The van der Waals surface area contributed by atoms with Crippen LogP contribution in [-0.4, -0.2) is 53.7 Å². The van der Waals surface area contributed by atoms with Gasteiger partial charge in [-0.2, -0.15) is 0 Å². The van der Waals surface area contributed by atoms with Crippen LogP contribution in [0.2, 0.25) is 0 Å². The number of hydrogen-bond acceptors (Lipinski definition) is 3. The largest absolute Gasteiger partial charge is 0.344 e. The molecule has 2 aliphatic heterocycles. The number of carbonyl (C=O) groups is 3. The monoisotopic (exact) mass is 389 g/mol. The van der Waals surface area contributed by atoms with Gasteiger partial charge in [0.25, 0.3) is 0 Å². The second-order valence-corrected chi connectivity index (χ2v) is 7.77. The molecule has 3 amide bonds. The standard InChI is InChI=1S/C21H28FN3O3/c1-14(21(28)25-11-4-3-5-12-25)23-20(27)17-9-10-18(26)24(2)19(17)15-7-6-8-16(22)13-15/h6-8,13-14,17,19H,3-5,9-12H2,1-2H3,(H,23,27). The van der Waals surface area contributed by atoms with Gasteiger partial charge in [0.2, 0.25) is 17.7 Å². The molecular formula is C21H28FN3O3. The highest BCUT2D eigenvalue weighted by atomic mass is 19.1. The lowest BCUT2D eigenvalue weighted by Gasteiger charge is -2.39. The van der Waals surface area contributed by atoms with Gasteiger partial charge in [-0.25, -0.2) is 4.39 Å². The molecule has 1 aromatic carbocycles. The first-order valence-electron chi connectivity index (χ1n) is 9.98. The summed E-state index contributed by atoms with van der Waals surface area (Å²) in [4.78, 5) is 41.2. The number of benzene rings is 1. The van der Waals surface area contributed by atoms with Gasteiger partial charge >= 0.3 is 0 Å². The van der Waals surface area contributed by atoms with E-state index < -0.39 is 23.8 Å². The number of nitrogens with one attached hydrogen (secondary N) is 1.